The summed E-state index contributed by atoms with van der Waals surface area (Å²) in [5, 5.41) is 8.71. The summed E-state index contributed by atoms with van der Waals surface area (Å²) >= 11 is 1.56. The van der Waals surface area contributed by atoms with Gasteiger partial charge in [0.05, 0.1) is 13.2 Å². The molecule has 0 aliphatic heterocycles. The Morgan fingerprint density at radius 2 is 1.53 bits per heavy atom. The van der Waals surface area contributed by atoms with Gasteiger partial charge in [-0.25, -0.2) is 0 Å². The van der Waals surface area contributed by atoms with Crippen LogP contribution in [0.15, 0.2) is 53.9 Å². The molecule has 0 fully saturated rings. The third-order valence-electron chi connectivity index (χ3n) is 4.67. The summed E-state index contributed by atoms with van der Waals surface area (Å²) in [7, 11) is 1.89. The molecule has 0 aliphatic rings. The number of hydrazine groups is 1. The minimum atomic E-state index is -0.451. The van der Waals surface area contributed by atoms with Crippen molar-refractivity contribution >= 4 is 23.6 Å². The molecule has 180 valence electrons. The number of benzene rings is 2. The van der Waals surface area contributed by atoms with Crippen LogP contribution in [-0.4, -0.2) is 39.8 Å². The van der Waals surface area contributed by atoms with Gasteiger partial charge in [-0.15, -0.1) is 10.2 Å². The molecule has 10 heteroatoms. The molecule has 0 unspecified atom stereocenters. The standard InChI is InChI=1S/C24H29N5O4S/c1-4-12-32-20-11-10-19(14-21(20)33-13-5-2)23(31)27-26-22(30)18-8-6-17(7-9-18)15-34-24-28-25-16-29(24)3/h6-11,14,16H,4-5,12-13,15H2,1-3H3,(H,26,30)(H,27,31). The average molecular weight is 484 g/mol. The summed E-state index contributed by atoms with van der Waals surface area (Å²) in [6, 6.07) is 12.1. The topological polar surface area (TPSA) is 107 Å². The Bertz CT molecular complexity index is 1100. The second-order valence-electron chi connectivity index (χ2n) is 7.48. The van der Waals surface area contributed by atoms with Gasteiger partial charge in [-0.3, -0.25) is 20.4 Å². The zero-order valence-electron chi connectivity index (χ0n) is 19.5. The smallest absolute Gasteiger partial charge is 0.269 e. The van der Waals surface area contributed by atoms with Crippen LogP contribution in [0.25, 0.3) is 0 Å². The number of carbonyl (C=O) groups excluding carboxylic acids is 2. The number of aromatic nitrogens is 3. The number of nitrogens with zero attached hydrogens (tertiary/aromatic N) is 3. The molecule has 0 aliphatic carbocycles. The van der Waals surface area contributed by atoms with Gasteiger partial charge in [-0.05, 0) is 48.7 Å². The van der Waals surface area contributed by atoms with Gasteiger partial charge in [-0.1, -0.05) is 37.7 Å². The van der Waals surface area contributed by atoms with Crippen LogP contribution in [0.5, 0.6) is 11.5 Å². The van der Waals surface area contributed by atoms with Crippen LogP contribution in [0.2, 0.25) is 0 Å². The molecule has 2 N–H and O–H groups in total. The molecule has 1 aromatic heterocycles. The quantitative estimate of drug-likeness (QED) is 0.316. The van der Waals surface area contributed by atoms with Crippen molar-refractivity contribution in [3.05, 3.63) is 65.5 Å². The van der Waals surface area contributed by atoms with E-state index in [1.54, 1.807) is 48.4 Å². The highest BCUT2D eigenvalue weighted by molar-refractivity contribution is 7.98. The van der Waals surface area contributed by atoms with Crippen molar-refractivity contribution in [3.8, 4) is 11.5 Å². The van der Waals surface area contributed by atoms with E-state index in [1.165, 1.54) is 0 Å². The van der Waals surface area contributed by atoms with Gasteiger partial charge >= 0.3 is 0 Å². The van der Waals surface area contributed by atoms with Crippen LogP contribution in [0, 0.1) is 0 Å². The van der Waals surface area contributed by atoms with Gasteiger partial charge in [0.25, 0.3) is 11.8 Å². The van der Waals surface area contributed by atoms with E-state index in [9.17, 15) is 9.59 Å². The minimum Gasteiger partial charge on any atom is -0.490 e. The Morgan fingerprint density at radius 1 is 0.912 bits per heavy atom. The van der Waals surface area contributed by atoms with E-state index < -0.39 is 11.8 Å². The third kappa shape index (κ3) is 6.98. The van der Waals surface area contributed by atoms with Gasteiger partial charge in [0.15, 0.2) is 16.7 Å². The summed E-state index contributed by atoms with van der Waals surface area (Å²) in [5.74, 6) is 0.933. The van der Waals surface area contributed by atoms with E-state index in [0.717, 1.165) is 23.6 Å². The summed E-state index contributed by atoms with van der Waals surface area (Å²) in [5.41, 5.74) is 6.73. The first-order valence-electron chi connectivity index (χ1n) is 11.1. The lowest BCUT2D eigenvalue weighted by atomic mass is 10.1. The number of thioether (sulfide) groups is 1. The van der Waals surface area contributed by atoms with E-state index in [0.29, 0.717) is 41.6 Å². The highest BCUT2D eigenvalue weighted by Gasteiger charge is 2.13. The first-order valence-corrected chi connectivity index (χ1v) is 12.1. The summed E-state index contributed by atoms with van der Waals surface area (Å²) in [6.07, 6.45) is 3.35. The zero-order chi connectivity index (χ0) is 24.3. The first kappa shape index (κ1) is 25.1. The van der Waals surface area contributed by atoms with Gasteiger partial charge < -0.3 is 14.0 Å². The highest BCUT2D eigenvalue weighted by Crippen LogP contribution is 2.29. The summed E-state index contributed by atoms with van der Waals surface area (Å²) < 4.78 is 13.3. The number of nitrogens with one attached hydrogen (secondary N) is 2. The Hall–Kier alpha value is -3.53. The monoisotopic (exact) mass is 483 g/mol. The molecule has 0 radical (unpaired) electrons. The van der Waals surface area contributed by atoms with Crippen LogP contribution in [-0.2, 0) is 12.8 Å². The molecule has 0 saturated carbocycles. The Morgan fingerprint density at radius 3 is 2.15 bits per heavy atom. The lowest BCUT2D eigenvalue weighted by molar-refractivity contribution is 0.0846. The van der Waals surface area contributed by atoms with Crippen LogP contribution in [0.3, 0.4) is 0 Å². The molecule has 3 aromatic rings. The van der Waals surface area contributed by atoms with Crippen LogP contribution in [0.4, 0.5) is 0 Å². The largest absolute Gasteiger partial charge is 0.490 e. The number of hydrogen-bond acceptors (Lipinski definition) is 7. The fraction of sp³-hybridized carbons (Fsp3) is 0.333. The second-order valence-corrected chi connectivity index (χ2v) is 8.42. The third-order valence-corrected chi connectivity index (χ3v) is 5.78. The predicted molar refractivity (Wildman–Crippen MR) is 130 cm³/mol. The number of hydrogen-bond donors (Lipinski definition) is 2. The Balaban J connectivity index is 1.55. The molecular formula is C24H29N5O4S. The van der Waals surface area contributed by atoms with Crippen molar-refractivity contribution in [1.29, 1.82) is 0 Å². The molecule has 3 rings (SSSR count). The van der Waals surface area contributed by atoms with Gasteiger partial charge in [0.1, 0.15) is 6.33 Å². The van der Waals surface area contributed by atoms with E-state index in [2.05, 4.69) is 21.0 Å². The predicted octanol–water partition coefficient (Wildman–Crippen LogP) is 3.76. The number of carbonyl (C=O) groups is 2. The van der Waals surface area contributed by atoms with Crippen molar-refractivity contribution in [3.63, 3.8) is 0 Å². The molecular weight excluding hydrogens is 454 g/mol. The Kier molecular flexibility index (Phi) is 9.33. The lowest BCUT2D eigenvalue weighted by Crippen LogP contribution is -2.41. The van der Waals surface area contributed by atoms with E-state index in [4.69, 9.17) is 9.47 Å². The second kappa shape index (κ2) is 12.6. The average Bonchev–Trinajstić information content (AvgIpc) is 3.28. The van der Waals surface area contributed by atoms with E-state index in [1.807, 2.05) is 37.6 Å². The maximum atomic E-state index is 12.6. The molecule has 9 nitrogen and oxygen atoms in total. The number of amides is 2. The summed E-state index contributed by atoms with van der Waals surface area (Å²) in [4.78, 5) is 25.0. The van der Waals surface area contributed by atoms with Crippen molar-refractivity contribution in [1.82, 2.24) is 25.6 Å². The fourth-order valence-corrected chi connectivity index (χ4v) is 3.71. The number of rotatable bonds is 11. The Labute approximate surface area is 203 Å². The minimum absolute atomic E-state index is 0.353. The first-order chi connectivity index (χ1) is 16.5. The van der Waals surface area contributed by atoms with Crippen LogP contribution >= 0.6 is 11.8 Å². The lowest BCUT2D eigenvalue weighted by Gasteiger charge is -2.14. The molecule has 0 saturated heterocycles. The highest BCUT2D eigenvalue weighted by atomic mass is 32.2. The number of aryl methyl sites for hydroxylation is 1. The number of ether oxygens (including phenoxy) is 2. The molecule has 2 aromatic carbocycles. The van der Waals surface area contributed by atoms with Crippen molar-refractivity contribution in [2.45, 2.75) is 37.6 Å². The fourth-order valence-electron chi connectivity index (χ4n) is 2.87. The zero-order valence-corrected chi connectivity index (χ0v) is 20.4. The molecule has 0 atom stereocenters. The van der Waals surface area contributed by atoms with Crippen molar-refractivity contribution in [2.75, 3.05) is 13.2 Å². The maximum absolute atomic E-state index is 12.6. The molecule has 0 spiro atoms. The van der Waals surface area contributed by atoms with Crippen LogP contribution < -0.4 is 20.3 Å². The SMILES string of the molecule is CCCOc1ccc(C(=O)NNC(=O)c2ccc(CSc3nncn3C)cc2)cc1OCCC. The summed E-state index contributed by atoms with van der Waals surface area (Å²) in [6.45, 7) is 5.09. The van der Waals surface area contributed by atoms with Crippen molar-refractivity contribution < 1.29 is 19.1 Å². The maximum Gasteiger partial charge on any atom is 0.269 e. The van der Waals surface area contributed by atoms with Gasteiger partial charge in [-0.2, -0.15) is 0 Å². The molecule has 34 heavy (non-hydrogen) atoms. The van der Waals surface area contributed by atoms with E-state index >= 15 is 0 Å². The van der Waals surface area contributed by atoms with Crippen LogP contribution in [0.1, 0.15) is 53.0 Å². The van der Waals surface area contributed by atoms with Gasteiger partial charge in [0.2, 0.25) is 0 Å². The van der Waals surface area contributed by atoms with Gasteiger partial charge in [0, 0.05) is 23.9 Å². The normalized spacial score (nSPS) is 10.6. The molecule has 0 bridgehead atoms. The van der Waals surface area contributed by atoms with Crippen molar-refractivity contribution in [2.24, 2.45) is 7.05 Å². The molecule has 2 amide bonds. The molecule has 1 heterocycles. The van der Waals surface area contributed by atoms with E-state index in [-0.39, 0.29) is 0 Å².